The Morgan fingerprint density at radius 2 is 2.36 bits per heavy atom. The average molecular weight is 212 g/mol. The van der Waals surface area contributed by atoms with Crippen LogP contribution in [-0.2, 0) is 6.42 Å². The van der Waals surface area contributed by atoms with Crippen molar-refractivity contribution in [3.63, 3.8) is 0 Å². The number of hydrogen-bond donors (Lipinski definition) is 2. The molecular formula is C11H20N2S. The molecule has 80 valence electrons. The molecule has 1 heterocycles. The zero-order valence-corrected chi connectivity index (χ0v) is 9.65. The minimum Gasteiger partial charge on any atom is -0.271 e. The molecule has 1 unspecified atom stereocenters. The molecule has 0 aliphatic carbocycles. The number of hydrogen-bond acceptors (Lipinski definition) is 3. The summed E-state index contributed by atoms with van der Waals surface area (Å²) < 4.78 is 0. The van der Waals surface area contributed by atoms with Crippen LogP contribution in [0.5, 0.6) is 0 Å². The first-order valence-electron chi connectivity index (χ1n) is 5.35. The molecule has 2 nitrogen and oxygen atoms in total. The van der Waals surface area contributed by atoms with Crippen LogP contribution in [0.1, 0.15) is 37.5 Å². The zero-order valence-electron chi connectivity index (χ0n) is 8.83. The van der Waals surface area contributed by atoms with E-state index in [1.165, 1.54) is 24.1 Å². The van der Waals surface area contributed by atoms with Crippen LogP contribution in [0.15, 0.2) is 17.5 Å². The van der Waals surface area contributed by atoms with Gasteiger partial charge in [0.2, 0.25) is 0 Å². The fraction of sp³-hybridized carbons (Fsp3) is 0.636. The molecule has 0 saturated carbocycles. The molecule has 14 heavy (non-hydrogen) atoms. The smallest absolute Gasteiger partial charge is 0.0214 e. The number of hydrazine groups is 1. The van der Waals surface area contributed by atoms with Crippen LogP contribution in [0.2, 0.25) is 0 Å². The van der Waals surface area contributed by atoms with Gasteiger partial charge in [0.05, 0.1) is 0 Å². The molecule has 0 saturated heterocycles. The van der Waals surface area contributed by atoms with Crippen molar-refractivity contribution in [2.75, 3.05) is 0 Å². The van der Waals surface area contributed by atoms with E-state index in [2.05, 4.69) is 29.9 Å². The van der Waals surface area contributed by atoms with Crippen molar-refractivity contribution in [1.29, 1.82) is 0 Å². The molecule has 0 fully saturated rings. The predicted molar refractivity (Wildman–Crippen MR) is 63.3 cm³/mol. The molecule has 1 aromatic heterocycles. The zero-order chi connectivity index (χ0) is 10.2. The second-order valence-corrected chi connectivity index (χ2v) is 4.66. The van der Waals surface area contributed by atoms with Crippen molar-refractivity contribution in [1.82, 2.24) is 5.43 Å². The summed E-state index contributed by atoms with van der Waals surface area (Å²) in [7, 11) is 0. The van der Waals surface area contributed by atoms with Gasteiger partial charge in [-0.2, -0.15) is 0 Å². The quantitative estimate of drug-likeness (QED) is 0.539. The van der Waals surface area contributed by atoms with Crippen LogP contribution < -0.4 is 11.3 Å². The fourth-order valence-electron chi connectivity index (χ4n) is 1.53. The van der Waals surface area contributed by atoms with Gasteiger partial charge in [0.25, 0.3) is 0 Å². The molecule has 1 aromatic rings. The lowest BCUT2D eigenvalue weighted by atomic mass is 10.1. The highest BCUT2D eigenvalue weighted by molar-refractivity contribution is 7.09. The molecule has 0 amide bonds. The van der Waals surface area contributed by atoms with E-state index in [4.69, 9.17) is 5.84 Å². The van der Waals surface area contributed by atoms with Gasteiger partial charge in [-0.3, -0.25) is 11.3 Å². The van der Waals surface area contributed by atoms with E-state index < -0.39 is 0 Å². The number of thiophene rings is 1. The molecule has 0 spiro atoms. The highest BCUT2D eigenvalue weighted by Gasteiger charge is 2.06. The van der Waals surface area contributed by atoms with Crippen molar-refractivity contribution in [2.24, 2.45) is 5.84 Å². The molecule has 0 aromatic carbocycles. The second-order valence-electron chi connectivity index (χ2n) is 3.62. The summed E-state index contributed by atoms with van der Waals surface area (Å²) in [5.41, 5.74) is 2.90. The van der Waals surface area contributed by atoms with Crippen LogP contribution in [-0.4, -0.2) is 6.04 Å². The van der Waals surface area contributed by atoms with E-state index in [1.54, 1.807) is 0 Å². The highest BCUT2D eigenvalue weighted by atomic mass is 32.1. The van der Waals surface area contributed by atoms with E-state index in [0.717, 1.165) is 12.8 Å². The van der Waals surface area contributed by atoms with Crippen LogP contribution >= 0.6 is 11.3 Å². The Kier molecular flexibility index (Phi) is 5.83. The number of nitrogens with two attached hydrogens (primary N) is 1. The number of rotatable bonds is 7. The summed E-state index contributed by atoms with van der Waals surface area (Å²) in [6.07, 6.45) is 6.00. The van der Waals surface area contributed by atoms with E-state index in [0.29, 0.717) is 6.04 Å². The number of aryl methyl sites for hydroxylation is 1. The molecule has 0 aliphatic heterocycles. The largest absolute Gasteiger partial charge is 0.271 e. The Bertz CT molecular complexity index is 221. The first-order chi connectivity index (χ1) is 6.86. The van der Waals surface area contributed by atoms with Crippen molar-refractivity contribution < 1.29 is 0 Å². The van der Waals surface area contributed by atoms with Gasteiger partial charge in [-0.25, -0.2) is 0 Å². The highest BCUT2D eigenvalue weighted by Crippen LogP contribution is 2.13. The van der Waals surface area contributed by atoms with Gasteiger partial charge >= 0.3 is 0 Å². The molecular weight excluding hydrogens is 192 g/mol. The third kappa shape index (κ3) is 4.22. The molecule has 0 radical (unpaired) electrons. The van der Waals surface area contributed by atoms with Crippen molar-refractivity contribution in [2.45, 2.75) is 45.1 Å². The Balaban J connectivity index is 2.20. The van der Waals surface area contributed by atoms with Gasteiger partial charge in [-0.05, 0) is 30.7 Å². The summed E-state index contributed by atoms with van der Waals surface area (Å²) in [4.78, 5) is 1.46. The van der Waals surface area contributed by atoms with Crippen molar-refractivity contribution in [3.05, 3.63) is 22.4 Å². The lowest BCUT2D eigenvalue weighted by Crippen LogP contribution is -2.35. The molecule has 0 bridgehead atoms. The van der Waals surface area contributed by atoms with Crippen molar-refractivity contribution >= 4 is 11.3 Å². The van der Waals surface area contributed by atoms with Crippen LogP contribution in [0.4, 0.5) is 0 Å². The fourth-order valence-corrected chi connectivity index (χ4v) is 2.26. The maximum absolute atomic E-state index is 5.51. The Hall–Kier alpha value is -0.380. The van der Waals surface area contributed by atoms with E-state index in [-0.39, 0.29) is 0 Å². The van der Waals surface area contributed by atoms with Gasteiger partial charge in [0, 0.05) is 10.9 Å². The topological polar surface area (TPSA) is 38.0 Å². The minimum absolute atomic E-state index is 0.483. The normalized spacial score (nSPS) is 13.0. The molecule has 3 N–H and O–H groups in total. The molecule has 1 rings (SSSR count). The predicted octanol–water partition coefficient (Wildman–Crippen LogP) is 2.70. The Labute approximate surface area is 90.5 Å². The van der Waals surface area contributed by atoms with Gasteiger partial charge < -0.3 is 0 Å². The third-order valence-electron chi connectivity index (χ3n) is 2.46. The lowest BCUT2D eigenvalue weighted by Gasteiger charge is -2.14. The molecule has 0 aliphatic rings. The van der Waals surface area contributed by atoms with E-state index in [1.807, 2.05) is 11.3 Å². The van der Waals surface area contributed by atoms with Crippen LogP contribution in [0.25, 0.3) is 0 Å². The first kappa shape index (κ1) is 11.7. The summed E-state index contributed by atoms with van der Waals surface area (Å²) in [6.45, 7) is 2.22. The summed E-state index contributed by atoms with van der Waals surface area (Å²) in [5, 5.41) is 2.13. The van der Waals surface area contributed by atoms with Crippen molar-refractivity contribution in [3.8, 4) is 0 Å². The summed E-state index contributed by atoms with van der Waals surface area (Å²) >= 11 is 1.83. The molecule has 3 heteroatoms. The second kappa shape index (κ2) is 6.98. The van der Waals surface area contributed by atoms with E-state index in [9.17, 15) is 0 Å². The average Bonchev–Trinajstić information content (AvgIpc) is 2.71. The SMILES string of the molecule is CCCCC(CCc1cccs1)NN. The van der Waals surface area contributed by atoms with E-state index >= 15 is 0 Å². The summed E-state index contributed by atoms with van der Waals surface area (Å²) in [6, 6.07) is 4.78. The summed E-state index contributed by atoms with van der Waals surface area (Å²) in [5.74, 6) is 5.51. The maximum atomic E-state index is 5.51. The maximum Gasteiger partial charge on any atom is 0.0214 e. The third-order valence-corrected chi connectivity index (χ3v) is 3.40. The molecule has 1 atom stereocenters. The van der Waals surface area contributed by atoms with Gasteiger partial charge in [0.1, 0.15) is 0 Å². The van der Waals surface area contributed by atoms with Crippen LogP contribution in [0.3, 0.4) is 0 Å². The number of nitrogens with one attached hydrogen (secondary N) is 1. The number of unbranched alkanes of at least 4 members (excludes halogenated alkanes) is 1. The van der Waals surface area contributed by atoms with Crippen LogP contribution in [0, 0.1) is 0 Å². The first-order valence-corrected chi connectivity index (χ1v) is 6.23. The van der Waals surface area contributed by atoms with Gasteiger partial charge in [-0.1, -0.05) is 25.8 Å². The standard InChI is InChI=1S/C11H20N2S/c1-2-3-5-10(13-12)7-8-11-6-4-9-14-11/h4,6,9-10,13H,2-3,5,7-8,12H2,1H3. The Morgan fingerprint density at radius 1 is 1.50 bits per heavy atom. The van der Waals surface area contributed by atoms with Gasteiger partial charge in [0.15, 0.2) is 0 Å². The minimum atomic E-state index is 0.483. The Morgan fingerprint density at radius 3 is 2.93 bits per heavy atom. The lowest BCUT2D eigenvalue weighted by molar-refractivity contribution is 0.450. The monoisotopic (exact) mass is 212 g/mol. The van der Waals surface area contributed by atoms with Gasteiger partial charge in [-0.15, -0.1) is 11.3 Å².